The van der Waals surface area contributed by atoms with Gasteiger partial charge < -0.3 is 5.73 Å². The van der Waals surface area contributed by atoms with Gasteiger partial charge in [0, 0.05) is 28.4 Å². The van der Waals surface area contributed by atoms with Crippen molar-refractivity contribution in [2.75, 3.05) is 23.8 Å². The molecule has 1 rings (SSSR count). The predicted octanol–water partition coefficient (Wildman–Crippen LogP) is 2.98. The molecule has 0 aromatic heterocycles. The first-order valence-corrected chi connectivity index (χ1v) is 9.36. The third-order valence-electron chi connectivity index (χ3n) is 2.87. The summed E-state index contributed by atoms with van der Waals surface area (Å²) in [6, 6.07) is 7.43. The average Bonchev–Trinajstić information content (AvgIpc) is 2.36. The van der Waals surface area contributed by atoms with E-state index in [2.05, 4.69) is 6.58 Å². The highest BCUT2D eigenvalue weighted by atomic mass is 32.2. The molecule has 0 aliphatic heterocycles. The molecule has 1 aromatic rings. The normalized spacial score (nSPS) is 12.6. The van der Waals surface area contributed by atoms with E-state index in [9.17, 15) is 8.42 Å². The first-order valence-electron chi connectivity index (χ1n) is 6.76. The molecule has 0 spiro atoms. The van der Waals surface area contributed by atoms with Gasteiger partial charge in [0.05, 0.1) is 5.75 Å². The number of benzene rings is 1. The molecule has 0 aliphatic carbocycles. The van der Waals surface area contributed by atoms with Gasteiger partial charge in [-0.2, -0.15) is 4.31 Å². The van der Waals surface area contributed by atoms with Gasteiger partial charge in [-0.25, -0.2) is 8.42 Å². The van der Waals surface area contributed by atoms with Crippen LogP contribution in [0.15, 0.2) is 41.8 Å². The highest BCUT2D eigenvalue weighted by molar-refractivity contribution is 8.00. The molecule has 0 fully saturated rings. The molecule has 0 radical (unpaired) electrons. The summed E-state index contributed by atoms with van der Waals surface area (Å²) in [6.45, 7) is 9.64. The number of sulfonamides is 1. The number of rotatable bonds is 7. The Morgan fingerprint density at radius 3 is 2.33 bits per heavy atom. The highest BCUT2D eigenvalue weighted by Crippen LogP contribution is 2.22. The molecule has 0 aliphatic rings. The number of nitrogens with zero attached hydrogens (tertiary/aromatic N) is 1. The Morgan fingerprint density at radius 2 is 1.86 bits per heavy atom. The Labute approximate surface area is 132 Å². The van der Waals surface area contributed by atoms with Crippen molar-refractivity contribution in [2.45, 2.75) is 31.2 Å². The van der Waals surface area contributed by atoms with E-state index in [-0.39, 0.29) is 5.75 Å². The molecule has 0 atom stereocenters. The molecular formula is C15H24N2O2S2. The molecule has 0 bridgehead atoms. The minimum absolute atomic E-state index is 0.104. The molecule has 2 N–H and O–H groups in total. The van der Waals surface area contributed by atoms with Gasteiger partial charge in [0.25, 0.3) is 0 Å². The standard InChI is InChI=1S/C15H24N2O2S2/c1-5-10-17(15(2,3)4)21(18,19)12-11-20-14-8-6-13(16)7-9-14/h5-9H,1,10-12,16H2,2-4H3. The SMILES string of the molecule is C=CCN(C(C)(C)C)S(=O)(=O)CCSc1ccc(N)cc1. The Bertz CT molecular complexity index is 560. The topological polar surface area (TPSA) is 63.4 Å². The maximum atomic E-state index is 12.5. The van der Waals surface area contributed by atoms with Gasteiger partial charge in [0.1, 0.15) is 0 Å². The summed E-state index contributed by atoms with van der Waals surface area (Å²) in [4.78, 5) is 1.02. The van der Waals surface area contributed by atoms with E-state index in [1.165, 1.54) is 16.1 Å². The lowest BCUT2D eigenvalue weighted by Gasteiger charge is -2.33. The van der Waals surface area contributed by atoms with Crippen molar-refractivity contribution in [1.82, 2.24) is 4.31 Å². The number of hydrogen-bond acceptors (Lipinski definition) is 4. The third-order valence-corrected chi connectivity index (χ3v) is 6.23. The maximum absolute atomic E-state index is 12.5. The van der Waals surface area contributed by atoms with E-state index in [4.69, 9.17) is 5.73 Å². The predicted molar refractivity (Wildman–Crippen MR) is 92.0 cm³/mol. The van der Waals surface area contributed by atoms with Crippen LogP contribution in [0.2, 0.25) is 0 Å². The summed E-state index contributed by atoms with van der Waals surface area (Å²) in [5.74, 6) is 0.614. The van der Waals surface area contributed by atoms with E-state index in [1.807, 2.05) is 45.0 Å². The van der Waals surface area contributed by atoms with Crippen molar-refractivity contribution in [1.29, 1.82) is 0 Å². The maximum Gasteiger partial charge on any atom is 0.215 e. The number of hydrogen-bond donors (Lipinski definition) is 1. The minimum atomic E-state index is -3.30. The van der Waals surface area contributed by atoms with Gasteiger partial charge in [-0.05, 0) is 45.0 Å². The summed E-state index contributed by atoms with van der Waals surface area (Å²) >= 11 is 1.51. The molecule has 6 heteroatoms. The van der Waals surface area contributed by atoms with Crippen LogP contribution in [-0.2, 0) is 10.0 Å². The zero-order chi connectivity index (χ0) is 16.1. The van der Waals surface area contributed by atoms with Gasteiger partial charge in [0.15, 0.2) is 0 Å². The van der Waals surface area contributed by atoms with Crippen LogP contribution in [0.25, 0.3) is 0 Å². The molecule has 0 unspecified atom stereocenters. The molecule has 0 saturated heterocycles. The molecule has 118 valence electrons. The van der Waals surface area contributed by atoms with Crippen LogP contribution < -0.4 is 5.73 Å². The van der Waals surface area contributed by atoms with E-state index < -0.39 is 15.6 Å². The fourth-order valence-electron chi connectivity index (χ4n) is 1.86. The lowest BCUT2D eigenvalue weighted by molar-refractivity contribution is 0.270. The van der Waals surface area contributed by atoms with Crippen LogP contribution in [0.4, 0.5) is 5.69 Å². The van der Waals surface area contributed by atoms with Crippen LogP contribution in [0.3, 0.4) is 0 Å². The summed E-state index contributed by atoms with van der Waals surface area (Å²) in [5.41, 5.74) is 5.88. The molecule has 4 nitrogen and oxygen atoms in total. The van der Waals surface area contributed by atoms with Gasteiger partial charge in [-0.1, -0.05) is 6.08 Å². The van der Waals surface area contributed by atoms with E-state index in [0.29, 0.717) is 18.0 Å². The molecule has 0 saturated carbocycles. The Balaban J connectivity index is 2.67. The first kappa shape index (κ1) is 18.1. The molecule has 0 heterocycles. The number of thioether (sulfide) groups is 1. The van der Waals surface area contributed by atoms with Crippen LogP contribution in [0.5, 0.6) is 0 Å². The lowest BCUT2D eigenvalue weighted by Crippen LogP contribution is -2.46. The molecule has 0 amide bonds. The number of nitrogens with two attached hydrogens (primary N) is 1. The largest absolute Gasteiger partial charge is 0.399 e. The van der Waals surface area contributed by atoms with E-state index in [1.54, 1.807) is 6.08 Å². The average molecular weight is 329 g/mol. The first-order chi connectivity index (χ1) is 9.66. The Morgan fingerprint density at radius 1 is 1.29 bits per heavy atom. The third kappa shape index (κ3) is 5.73. The zero-order valence-electron chi connectivity index (χ0n) is 12.9. The molecule has 1 aromatic carbocycles. The fraction of sp³-hybridized carbons (Fsp3) is 0.467. The molecule has 21 heavy (non-hydrogen) atoms. The van der Waals surface area contributed by atoms with Crippen molar-refractivity contribution >= 4 is 27.5 Å². The van der Waals surface area contributed by atoms with Gasteiger partial charge in [-0.3, -0.25) is 0 Å². The van der Waals surface area contributed by atoms with Crippen molar-refractivity contribution in [2.24, 2.45) is 0 Å². The van der Waals surface area contributed by atoms with Crippen molar-refractivity contribution < 1.29 is 8.42 Å². The monoisotopic (exact) mass is 328 g/mol. The quantitative estimate of drug-likeness (QED) is 0.475. The minimum Gasteiger partial charge on any atom is -0.399 e. The summed E-state index contributed by atoms with van der Waals surface area (Å²) in [6.07, 6.45) is 1.62. The van der Waals surface area contributed by atoms with Crippen LogP contribution in [-0.4, -0.2) is 36.3 Å². The second-order valence-corrected chi connectivity index (χ2v) is 8.91. The summed E-state index contributed by atoms with van der Waals surface area (Å²) < 4.78 is 26.4. The van der Waals surface area contributed by atoms with Crippen LogP contribution in [0, 0.1) is 0 Å². The highest BCUT2D eigenvalue weighted by Gasteiger charge is 2.31. The summed E-state index contributed by atoms with van der Waals surface area (Å²) in [7, 11) is -3.30. The Kier molecular flexibility index (Phi) is 6.31. The van der Waals surface area contributed by atoms with Crippen molar-refractivity contribution in [3.8, 4) is 0 Å². The van der Waals surface area contributed by atoms with Crippen LogP contribution in [0.1, 0.15) is 20.8 Å². The summed E-state index contributed by atoms with van der Waals surface area (Å²) in [5, 5.41) is 0. The lowest BCUT2D eigenvalue weighted by atomic mass is 10.1. The number of anilines is 1. The zero-order valence-corrected chi connectivity index (χ0v) is 14.5. The second kappa shape index (κ2) is 7.33. The Hall–Kier alpha value is -0.980. The van der Waals surface area contributed by atoms with Gasteiger partial charge in [0.2, 0.25) is 10.0 Å². The smallest absolute Gasteiger partial charge is 0.215 e. The fourth-order valence-corrected chi connectivity index (χ4v) is 4.99. The molecular weight excluding hydrogens is 304 g/mol. The van der Waals surface area contributed by atoms with E-state index >= 15 is 0 Å². The van der Waals surface area contributed by atoms with Crippen LogP contribution >= 0.6 is 11.8 Å². The van der Waals surface area contributed by atoms with Gasteiger partial charge >= 0.3 is 0 Å². The van der Waals surface area contributed by atoms with E-state index in [0.717, 1.165) is 4.90 Å². The number of nitrogen functional groups attached to an aromatic ring is 1. The second-order valence-electron chi connectivity index (χ2n) is 5.72. The van der Waals surface area contributed by atoms with Crippen molar-refractivity contribution in [3.63, 3.8) is 0 Å². The van der Waals surface area contributed by atoms with Crippen molar-refractivity contribution in [3.05, 3.63) is 36.9 Å². The van der Waals surface area contributed by atoms with Gasteiger partial charge in [-0.15, -0.1) is 18.3 Å².